The van der Waals surface area contributed by atoms with Crippen LogP contribution in [0.3, 0.4) is 0 Å². The molecule has 2 saturated heterocycles. The van der Waals surface area contributed by atoms with Gasteiger partial charge < -0.3 is 26.2 Å². The minimum Gasteiger partial charge on any atom is -0.508 e. The third-order valence-electron chi connectivity index (χ3n) is 7.45. The molecule has 0 bridgehead atoms. The highest BCUT2D eigenvalue weighted by Gasteiger charge is 2.34. The van der Waals surface area contributed by atoms with E-state index in [1.807, 2.05) is 12.1 Å². The van der Waals surface area contributed by atoms with Crippen LogP contribution in [-0.4, -0.2) is 93.8 Å². The van der Waals surface area contributed by atoms with Crippen LogP contribution in [0.2, 0.25) is 5.15 Å². The molecule has 0 spiro atoms. The Bertz CT molecular complexity index is 1180. The van der Waals surface area contributed by atoms with Gasteiger partial charge in [-0.15, -0.1) is 6.42 Å². The number of nitrogens with two attached hydrogens (primary N) is 1. The van der Waals surface area contributed by atoms with Gasteiger partial charge in [0.05, 0.1) is 6.61 Å². The lowest BCUT2D eigenvalue weighted by Gasteiger charge is -2.47. The normalized spacial score (nSPS) is 19.3. The summed E-state index contributed by atoms with van der Waals surface area (Å²) in [6.45, 7) is 7.09. The highest BCUT2D eigenvalue weighted by atomic mass is 35.5. The number of nitrogens with one attached hydrogen (secondary N) is 1. The van der Waals surface area contributed by atoms with Crippen LogP contribution in [0.1, 0.15) is 47.8 Å². The van der Waals surface area contributed by atoms with E-state index in [1.54, 1.807) is 6.07 Å². The van der Waals surface area contributed by atoms with Gasteiger partial charge in [0.2, 0.25) is 0 Å². The van der Waals surface area contributed by atoms with Crippen molar-refractivity contribution in [3.8, 4) is 18.1 Å². The van der Waals surface area contributed by atoms with Crippen LogP contribution in [0.15, 0.2) is 18.2 Å². The van der Waals surface area contributed by atoms with Crippen molar-refractivity contribution in [2.45, 2.75) is 44.8 Å². The molecule has 11 heteroatoms. The molecule has 1 amide bonds. The second-order valence-electron chi connectivity index (χ2n) is 9.79. The number of rotatable bonds is 8. The first-order valence-electron chi connectivity index (χ1n) is 13.1. The topological polar surface area (TPSA) is 131 Å². The number of carbonyl (C=O) groups excluding carboxylic acids is 1. The lowest BCUT2D eigenvalue weighted by molar-refractivity contribution is 0.0608. The summed E-state index contributed by atoms with van der Waals surface area (Å²) in [4.78, 5) is 28.0. The maximum Gasteiger partial charge on any atom is 0.273 e. The lowest BCUT2D eigenvalue weighted by atomic mass is 9.97. The zero-order chi connectivity index (χ0) is 27.2. The number of nitrogens with zero attached hydrogens (tertiary/aromatic N) is 5. The summed E-state index contributed by atoms with van der Waals surface area (Å²) < 4.78 is 0. The Hall–Kier alpha value is -3.10. The van der Waals surface area contributed by atoms with E-state index in [9.17, 15) is 9.90 Å². The third kappa shape index (κ3) is 6.30. The molecular weight excluding hydrogens is 506 g/mol. The Morgan fingerprint density at radius 3 is 2.68 bits per heavy atom. The number of aromatic nitrogens is 2. The Kier molecular flexibility index (Phi) is 9.28. The second kappa shape index (κ2) is 12.6. The maximum atomic E-state index is 12.2. The van der Waals surface area contributed by atoms with E-state index in [-0.39, 0.29) is 35.6 Å². The van der Waals surface area contributed by atoms with Gasteiger partial charge in [-0.2, -0.15) is 0 Å². The monoisotopic (exact) mass is 541 g/mol. The predicted octanol–water partition coefficient (Wildman–Crippen LogP) is 1.69. The molecule has 1 aromatic carbocycles. The lowest BCUT2D eigenvalue weighted by Crippen LogP contribution is -2.58. The number of terminal acetylenes is 1. The molecule has 0 unspecified atom stereocenters. The molecule has 3 heterocycles. The van der Waals surface area contributed by atoms with Crippen molar-refractivity contribution < 1.29 is 15.0 Å². The second-order valence-corrected chi connectivity index (χ2v) is 10.2. The first-order valence-corrected chi connectivity index (χ1v) is 13.5. The molecule has 2 aliphatic heterocycles. The largest absolute Gasteiger partial charge is 0.508 e. The van der Waals surface area contributed by atoms with Crippen LogP contribution in [0.5, 0.6) is 5.75 Å². The van der Waals surface area contributed by atoms with Crippen molar-refractivity contribution in [2.24, 2.45) is 0 Å². The number of aromatic hydroxyl groups is 1. The molecule has 2 fully saturated rings. The van der Waals surface area contributed by atoms with E-state index in [1.165, 1.54) is 0 Å². The number of carbonyl (C=O) groups is 1. The zero-order valence-corrected chi connectivity index (χ0v) is 22.5. The molecule has 204 valence electrons. The van der Waals surface area contributed by atoms with Gasteiger partial charge in [0, 0.05) is 55.9 Å². The molecule has 0 aliphatic carbocycles. The number of hydrogen-bond acceptors (Lipinski definition) is 9. The van der Waals surface area contributed by atoms with Crippen molar-refractivity contribution in [2.75, 3.05) is 56.5 Å². The molecule has 1 atom stereocenters. The number of aliphatic hydroxyl groups excluding tert-OH is 1. The number of amides is 1. The van der Waals surface area contributed by atoms with Crippen LogP contribution in [0.4, 0.5) is 11.6 Å². The smallest absolute Gasteiger partial charge is 0.273 e. The Morgan fingerprint density at radius 2 is 2.03 bits per heavy atom. The fourth-order valence-electron chi connectivity index (χ4n) is 5.38. The van der Waals surface area contributed by atoms with Crippen molar-refractivity contribution in [1.82, 2.24) is 25.1 Å². The highest BCUT2D eigenvalue weighted by Crippen LogP contribution is 2.30. The number of halogens is 1. The van der Waals surface area contributed by atoms with E-state index >= 15 is 0 Å². The summed E-state index contributed by atoms with van der Waals surface area (Å²) >= 11 is 6.45. The number of benzene rings is 1. The van der Waals surface area contributed by atoms with E-state index in [2.05, 4.69) is 42.8 Å². The molecule has 4 rings (SSSR count). The number of phenolic OH excluding ortho intramolecular Hbond substituents is 1. The number of piperazine rings is 1. The Balaban J connectivity index is 1.35. The molecule has 1 aromatic heterocycles. The quantitative estimate of drug-likeness (QED) is 0.369. The van der Waals surface area contributed by atoms with E-state index in [4.69, 9.17) is 28.9 Å². The number of piperidine rings is 1. The molecule has 0 radical (unpaired) electrons. The van der Waals surface area contributed by atoms with E-state index < -0.39 is 5.91 Å². The van der Waals surface area contributed by atoms with Gasteiger partial charge in [0.25, 0.3) is 5.91 Å². The van der Waals surface area contributed by atoms with Gasteiger partial charge in [-0.05, 0) is 44.5 Å². The van der Waals surface area contributed by atoms with Gasteiger partial charge in [-0.3, -0.25) is 14.6 Å². The molecule has 38 heavy (non-hydrogen) atoms. The molecule has 2 aromatic rings. The van der Waals surface area contributed by atoms with Crippen LogP contribution in [0.25, 0.3) is 0 Å². The minimum absolute atomic E-state index is 0.0163. The summed E-state index contributed by atoms with van der Waals surface area (Å²) in [7, 11) is 0. The average molecular weight is 542 g/mol. The van der Waals surface area contributed by atoms with E-state index in [0.717, 1.165) is 57.5 Å². The standard InChI is InChI=1S/C27H36ClN7O3/c1-3-18-5-6-19(22(37)15-18)16-33-10-7-21(8-11-33)35-13-12-34(17-20(35)4-2)26-24(28)31-23(25(29)32-26)27(38)30-9-14-36/h1,5-6,15,20-21,36-37H,4,7-14,16-17H2,2H3,(H2,29,32)(H,30,38)/t20-/m0/s1. The third-order valence-corrected chi connectivity index (χ3v) is 7.70. The van der Waals surface area contributed by atoms with Crippen molar-refractivity contribution in [3.05, 3.63) is 40.2 Å². The number of nitrogen functional groups attached to an aromatic ring is 1. The van der Waals surface area contributed by atoms with Crippen molar-refractivity contribution in [3.63, 3.8) is 0 Å². The number of likely N-dealkylation sites (tertiary alicyclic amines) is 1. The van der Waals surface area contributed by atoms with Gasteiger partial charge in [0.15, 0.2) is 22.5 Å². The highest BCUT2D eigenvalue weighted by molar-refractivity contribution is 6.32. The SMILES string of the molecule is C#Cc1ccc(CN2CCC(N3CCN(c4nc(N)c(C(=O)NCCO)nc4Cl)C[C@@H]3CC)CC2)c(O)c1. The van der Waals surface area contributed by atoms with Gasteiger partial charge >= 0.3 is 0 Å². The van der Waals surface area contributed by atoms with Gasteiger partial charge in [-0.25, -0.2) is 9.97 Å². The van der Waals surface area contributed by atoms with Crippen LogP contribution >= 0.6 is 11.6 Å². The zero-order valence-electron chi connectivity index (χ0n) is 21.7. The summed E-state index contributed by atoms with van der Waals surface area (Å²) in [5.74, 6) is 2.81. The number of aliphatic hydroxyl groups is 1. The molecule has 5 N–H and O–H groups in total. The predicted molar refractivity (Wildman–Crippen MR) is 148 cm³/mol. The molecular formula is C27H36ClN7O3. The summed E-state index contributed by atoms with van der Waals surface area (Å²) in [5, 5.41) is 21.9. The molecule has 10 nitrogen and oxygen atoms in total. The average Bonchev–Trinajstić information content (AvgIpc) is 2.93. The fraction of sp³-hybridized carbons (Fsp3) is 0.519. The van der Waals surface area contributed by atoms with Crippen LogP contribution < -0.4 is 16.0 Å². The summed E-state index contributed by atoms with van der Waals surface area (Å²) in [6.07, 6.45) is 8.53. The summed E-state index contributed by atoms with van der Waals surface area (Å²) in [6, 6.07) is 6.25. The molecule has 0 saturated carbocycles. The minimum atomic E-state index is -0.514. The Labute approximate surface area is 228 Å². The summed E-state index contributed by atoms with van der Waals surface area (Å²) in [5.41, 5.74) is 7.60. The first kappa shape index (κ1) is 27.9. The van der Waals surface area contributed by atoms with Gasteiger partial charge in [0.1, 0.15) is 5.75 Å². The number of phenols is 1. The van der Waals surface area contributed by atoms with Crippen molar-refractivity contribution in [1.29, 1.82) is 0 Å². The fourth-order valence-corrected chi connectivity index (χ4v) is 5.63. The van der Waals surface area contributed by atoms with E-state index in [0.29, 0.717) is 30.0 Å². The van der Waals surface area contributed by atoms with Crippen LogP contribution in [-0.2, 0) is 6.54 Å². The van der Waals surface area contributed by atoms with Crippen LogP contribution in [0, 0.1) is 12.3 Å². The van der Waals surface area contributed by atoms with Crippen molar-refractivity contribution >= 4 is 29.1 Å². The molecule has 2 aliphatic rings. The van der Waals surface area contributed by atoms with Gasteiger partial charge in [-0.1, -0.05) is 30.5 Å². The number of anilines is 2. The first-order chi connectivity index (χ1) is 18.3. The Morgan fingerprint density at radius 1 is 1.26 bits per heavy atom. The number of hydrogen-bond donors (Lipinski definition) is 4. The maximum absolute atomic E-state index is 12.2.